The molecule has 0 bridgehead atoms. The zero-order valence-corrected chi connectivity index (χ0v) is 8.37. The molecule has 72 valence electrons. The zero-order chi connectivity index (χ0) is 9.54. The molecule has 3 nitrogen and oxygen atoms in total. The van der Waals surface area contributed by atoms with E-state index in [1.54, 1.807) is 11.3 Å². The molecule has 2 aromatic rings. The number of aromatic nitrogens is 2. The standard InChI is InChI=1S/C10H10N2OS/c13-7-3-6(4-7)8-1-2-11-10-9(8)12-5-14-10/h1-2,5-7,13H,3-4H2. The van der Waals surface area contributed by atoms with Gasteiger partial charge in [0.25, 0.3) is 0 Å². The highest BCUT2D eigenvalue weighted by Crippen LogP contribution is 2.39. The molecule has 0 aromatic carbocycles. The molecule has 1 saturated carbocycles. The van der Waals surface area contributed by atoms with Crippen LogP contribution in [-0.2, 0) is 0 Å². The minimum Gasteiger partial charge on any atom is -0.393 e. The fraction of sp³-hybridized carbons (Fsp3) is 0.400. The summed E-state index contributed by atoms with van der Waals surface area (Å²) >= 11 is 1.57. The Balaban J connectivity index is 2.07. The number of hydrogen-bond acceptors (Lipinski definition) is 4. The molecule has 4 heteroatoms. The van der Waals surface area contributed by atoms with E-state index in [9.17, 15) is 5.11 Å². The Kier molecular flexibility index (Phi) is 1.78. The molecule has 1 aliphatic rings. The van der Waals surface area contributed by atoms with Gasteiger partial charge in [0.05, 0.1) is 11.6 Å². The van der Waals surface area contributed by atoms with Gasteiger partial charge in [0.2, 0.25) is 0 Å². The van der Waals surface area contributed by atoms with E-state index >= 15 is 0 Å². The van der Waals surface area contributed by atoms with Crippen LogP contribution in [0.4, 0.5) is 0 Å². The van der Waals surface area contributed by atoms with Crippen LogP contribution in [0.15, 0.2) is 17.8 Å². The molecule has 0 spiro atoms. The van der Waals surface area contributed by atoms with Crippen molar-refractivity contribution in [1.82, 2.24) is 9.97 Å². The molecule has 2 heterocycles. The van der Waals surface area contributed by atoms with E-state index in [4.69, 9.17) is 0 Å². The highest BCUT2D eigenvalue weighted by molar-refractivity contribution is 7.16. The summed E-state index contributed by atoms with van der Waals surface area (Å²) in [7, 11) is 0. The Labute approximate surface area is 85.4 Å². The average Bonchev–Trinajstić information content (AvgIpc) is 2.60. The third-order valence-corrected chi connectivity index (χ3v) is 3.55. The van der Waals surface area contributed by atoms with E-state index in [0.29, 0.717) is 5.92 Å². The normalized spacial score (nSPS) is 26.4. The quantitative estimate of drug-likeness (QED) is 0.775. The summed E-state index contributed by atoms with van der Waals surface area (Å²) < 4.78 is 0. The minimum absolute atomic E-state index is 0.109. The van der Waals surface area contributed by atoms with Crippen molar-refractivity contribution < 1.29 is 5.11 Å². The zero-order valence-electron chi connectivity index (χ0n) is 7.55. The number of pyridine rings is 1. The predicted octanol–water partition coefficient (Wildman–Crippen LogP) is 1.93. The van der Waals surface area contributed by atoms with Gasteiger partial charge in [0, 0.05) is 6.20 Å². The number of aliphatic hydroxyl groups excluding tert-OH is 1. The van der Waals surface area contributed by atoms with E-state index in [1.165, 1.54) is 5.56 Å². The summed E-state index contributed by atoms with van der Waals surface area (Å²) in [6.45, 7) is 0. The van der Waals surface area contributed by atoms with Crippen molar-refractivity contribution in [2.24, 2.45) is 0 Å². The largest absolute Gasteiger partial charge is 0.393 e. The Bertz CT molecular complexity index is 462. The van der Waals surface area contributed by atoms with Gasteiger partial charge < -0.3 is 5.11 Å². The number of rotatable bonds is 1. The summed E-state index contributed by atoms with van der Waals surface area (Å²) in [6.07, 6.45) is 3.47. The Hall–Kier alpha value is -1.00. The second-order valence-corrected chi connectivity index (χ2v) is 4.56. The first kappa shape index (κ1) is 8.32. The highest BCUT2D eigenvalue weighted by atomic mass is 32.1. The lowest BCUT2D eigenvalue weighted by molar-refractivity contribution is 0.0750. The molecule has 0 atom stereocenters. The number of aliphatic hydroxyl groups is 1. The fourth-order valence-electron chi connectivity index (χ4n) is 1.96. The van der Waals surface area contributed by atoms with Crippen LogP contribution in [-0.4, -0.2) is 21.2 Å². The van der Waals surface area contributed by atoms with Crippen molar-refractivity contribution in [3.63, 3.8) is 0 Å². The molecule has 0 unspecified atom stereocenters. The van der Waals surface area contributed by atoms with Crippen molar-refractivity contribution in [3.8, 4) is 0 Å². The lowest BCUT2D eigenvalue weighted by Gasteiger charge is -2.31. The van der Waals surface area contributed by atoms with Crippen molar-refractivity contribution in [2.45, 2.75) is 24.9 Å². The van der Waals surface area contributed by atoms with E-state index in [1.807, 2.05) is 17.8 Å². The number of fused-ring (bicyclic) bond motifs is 1. The van der Waals surface area contributed by atoms with E-state index in [2.05, 4.69) is 9.97 Å². The second-order valence-electron chi connectivity index (χ2n) is 3.73. The average molecular weight is 206 g/mol. The van der Waals surface area contributed by atoms with Crippen LogP contribution in [0, 0.1) is 0 Å². The molecular formula is C10H10N2OS. The molecule has 0 amide bonds. The second kappa shape index (κ2) is 3.00. The lowest BCUT2D eigenvalue weighted by Crippen LogP contribution is -2.26. The van der Waals surface area contributed by atoms with Gasteiger partial charge in [-0.15, -0.1) is 11.3 Å². The topological polar surface area (TPSA) is 46.0 Å². The van der Waals surface area contributed by atoms with Crippen LogP contribution in [0.5, 0.6) is 0 Å². The first-order chi connectivity index (χ1) is 6.84. The SMILES string of the molecule is OC1CC(c2ccnc3scnc23)C1. The summed E-state index contributed by atoms with van der Waals surface area (Å²) in [5.41, 5.74) is 4.10. The molecule has 1 fully saturated rings. The monoisotopic (exact) mass is 206 g/mol. The van der Waals surface area contributed by atoms with Crippen LogP contribution < -0.4 is 0 Å². The molecule has 14 heavy (non-hydrogen) atoms. The van der Waals surface area contributed by atoms with Crippen LogP contribution in [0.25, 0.3) is 10.3 Å². The van der Waals surface area contributed by atoms with Crippen molar-refractivity contribution >= 4 is 21.7 Å². The first-order valence-electron chi connectivity index (χ1n) is 4.71. The maximum atomic E-state index is 9.27. The molecule has 0 radical (unpaired) electrons. The molecule has 0 saturated heterocycles. The molecule has 2 aromatic heterocycles. The molecule has 0 aliphatic heterocycles. The van der Waals surface area contributed by atoms with E-state index in [-0.39, 0.29) is 6.10 Å². The minimum atomic E-state index is -0.109. The van der Waals surface area contributed by atoms with Crippen LogP contribution in [0.1, 0.15) is 24.3 Å². The fourth-order valence-corrected chi connectivity index (χ4v) is 2.63. The Morgan fingerprint density at radius 3 is 3.00 bits per heavy atom. The summed E-state index contributed by atoms with van der Waals surface area (Å²) in [5.74, 6) is 0.484. The maximum absolute atomic E-state index is 9.27. The number of hydrogen-bond donors (Lipinski definition) is 1. The van der Waals surface area contributed by atoms with Gasteiger partial charge in [0.15, 0.2) is 0 Å². The lowest BCUT2D eigenvalue weighted by atomic mass is 9.77. The van der Waals surface area contributed by atoms with Crippen molar-refractivity contribution in [3.05, 3.63) is 23.3 Å². The Morgan fingerprint density at radius 1 is 1.36 bits per heavy atom. The first-order valence-corrected chi connectivity index (χ1v) is 5.58. The molecular weight excluding hydrogens is 196 g/mol. The van der Waals surface area contributed by atoms with Gasteiger partial charge in [-0.1, -0.05) is 0 Å². The van der Waals surface area contributed by atoms with Gasteiger partial charge in [-0.2, -0.15) is 0 Å². The highest BCUT2D eigenvalue weighted by Gasteiger charge is 2.30. The third-order valence-electron chi connectivity index (χ3n) is 2.82. The van der Waals surface area contributed by atoms with Gasteiger partial charge >= 0.3 is 0 Å². The van der Waals surface area contributed by atoms with E-state index < -0.39 is 0 Å². The van der Waals surface area contributed by atoms with Crippen LogP contribution in [0.3, 0.4) is 0 Å². The van der Waals surface area contributed by atoms with Gasteiger partial charge in [-0.05, 0) is 30.4 Å². The number of thiazole rings is 1. The van der Waals surface area contributed by atoms with Gasteiger partial charge in [-0.3, -0.25) is 0 Å². The van der Waals surface area contributed by atoms with Gasteiger partial charge in [-0.25, -0.2) is 9.97 Å². The van der Waals surface area contributed by atoms with Crippen molar-refractivity contribution in [1.29, 1.82) is 0 Å². The van der Waals surface area contributed by atoms with E-state index in [0.717, 1.165) is 23.2 Å². The molecule has 1 aliphatic carbocycles. The number of nitrogens with zero attached hydrogens (tertiary/aromatic N) is 2. The molecule has 1 N–H and O–H groups in total. The predicted molar refractivity (Wildman–Crippen MR) is 55.4 cm³/mol. The molecule has 3 rings (SSSR count). The van der Waals surface area contributed by atoms with Gasteiger partial charge in [0.1, 0.15) is 10.3 Å². The smallest absolute Gasteiger partial charge is 0.143 e. The summed E-state index contributed by atoms with van der Waals surface area (Å²) in [6, 6.07) is 2.03. The maximum Gasteiger partial charge on any atom is 0.143 e. The summed E-state index contributed by atoms with van der Waals surface area (Å²) in [5, 5.41) is 9.27. The van der Waals surface area contributed by atoms with Crippen molar-refractivity contribution in [2.75, 3.05) is 0 Å². The van der Waals surface area contributed by atoms with Crippen LogP contribution in [0.2, 0.25) is 0 Å². The third kappa shape index (κ3) is 1.14. The summed E-state index contributed by atoms with van der Waals surface area (Å²) in [4.78, 5) is 9.58. The van der Waals surface area contributed by atoms with Crippen LogP contribution >= 0.6 is 11.3 Å². The Morgan fingerprint density at radius 2 is 2.21 bits per heavy atom.